The molecule has 0 aromatic heterocycles. The molecule has 0 rings (SSSR count). The molecule has 0 spiro atoms. The summed E-state index contributed by atoms with van der Waals surface area (Å²) in [7, 11) is 0. The molecule has 0 aromatic carbocycles. The third-order valence-corrected chi connectivity index (χ3v) is 0. The molecule has 4 N–H and O–H groups in total. The average molecular weight is 286 g/mol. The summed E-state index contributed by atoms with van der Waals surface area (Å²) in [5, 5.41) is 15.9. The summed E-state index contributed by atoms with van der Waals surface area (Å²) in [5.74, 6) is 0. The second kappa shape index (κ2) is 49.0. The zero-order valence-electron chi connectivity index (χ0n) is 9.88. The van der Waals surface area contributed by atoms with Crippen molar-refractivity contribution in [1.29, 1.82) is 0 Å². The Balaban J connectivity index is -0.0000000153. The van der Waals surface area contributed by atoms with Crippen LogP contribution in [0.5, 0.6) is 0 Å². The summed E-state index contributed by atoms with van der Waals surface area (Å²) in [6, 6.07) is 0. The molecule has 0 saturated heterocycles. The molecule has 0 aliphatic carbocycles. The first-order valence-corrected chi connectivity index (χ1v) is 3.90. The van der Waals surface area contributed by atoms with Crippen LogP contribution in [0.1, 0.15) is 27.7 Å². The molecular weight excluding hydrogens is 259 g/mol. The minimum atomic E-state index is -0.417. The molecule has 2 unspecified atom stereocenters. The van der Waals surface area contributed by atoms with Crippen molar-refractivity contribution in [3.63, 3.8) is 0 Å². The Labute approximate surface area is 109 Å². The minimum absolute atomic E-state index is 0. The Bertz CT molecular complexity index is 30.8. The van der Waals surface area contributed by atoms with Crippen LogP contribution in [-0.2, 0) is 26.2 Å². The van der Waals surface area contributed by atoms with Crippen LogP contribution < -0.4 is 0 Å². The summed E-state index contributed by atoms with van der Waals surface area (Å²) in [5.41, 5.74) is 0. The van der Waals surface area contributed by atoms with Crippen molar-refractivity contribution in [1.82, 2.24) is 0 Å². The van der Waals surface area contributed by atoms with Gasteiger partial charge in [0.2, 0.25) is 0 Å². The molecule has 0 radical (unpaired) electrons. The van der Waals surface area contributed by atoms with Gasteiger partial charge in [0.25, 0.3) is 0 Å². The van der Waals surface area contributed by atoms with Crippen LogP contribution >= 0.6 is 0 Å². The molecule has 0 fully saturated rings. The van der Waals surface area contributed by atoms with Gasteiger partial charge in [0, 0.05) is 0 Å². The zero-order valence-corrected chi connectivity index (χ0v) is 12.3. The van der Waals surface area contributed by atoms with E-state index in [1.54, 1.807) is 27.7 Å². The molecule has 0 aromatic rings. The van der Waals surface area contributed by atoms with Gasteiger partial charge in [-0.25, -0.2) is 0 Å². The second-order valence-electron chi connectivity index (χ2n) is 1.70. The van der Waals surface area contributed by atoms with E-state index in [1.165, 1.54) is 0 Å². The number of rotatable bonds is 0. The third kappa shape index (κ3) is 3030. The standard InChI is InChI=1S/2C3H7O.2C2H5.H2O.Zr/c2*1-3(2)4;2*1-2;;/h2*3-4H,1H2,2H3;2*1H2,2H3;1H2;/q4*-1;;+4. The third-order valence-electron chi connectivity index (χ3n) is 0. The van der Waals surface area contributed by atoms with E-state index in [0.29, 0.717) is 0 Å². The van der Waals surface area contributed by atoms with Crippen LogP contribution in [0, 0.1) is 27.7 Å². The molecule has 88 valence electrons. The van der Waals surface area contributed by atoms with Gasteiger partial charge in [-0.15, -0.1) is 0 Å². The predicted molar refractivity (Wildman–Crippen MR) is 59.8 cm³/mol. The van der Waals surface area contributed by atoms with Crippen molar-refractivity contribution in [2.75, 3.05) is 0 Å². The summed E-state index contributed by atoms with van der Waals surface area (Å²) >= 11 is 0. The van der Waals surface area contributed by atoms with Crippen LogP contribution in [-0.4, -0.2) is 27.9 Å². The monoisotopic (exact) mass is 284 g/mol. The summed E-state index contributed by atoms with van der Waals surface area (Å²) in [6.07, 6.45) is -0.833. The van der Waals surface area contributed by atoms with Crippen LogP contribution in [0.2, 0.25) is 0 Å². The van der Waals surface area contributed by atoms with Gasteiger partial charge < -0.3 is 43.4 Å². The molecule has 3 nitrogen and oxygen atoms in total. The zero-order chi connectivity index (χ0) is 11.2. The van der Waals surface area contributed by atoms with Gasteiger partial charge in [0.05, 0.1) is 0 Å². The van der Waals surface area contributed by atoms with Crippen LogP contribution in [0.4, 0.5) is 0 Å². The Morgan fingerprint density at radius 3 is 0.786 bits per heavy atom. The van der Waals surface area contributed by atoms with Crippen LogP contribution in [0.25, 0.3) is 0 Å². The maximum atomic E-state index is 7.94. The molecule has 2 atom stereocenters. The minimum Gasteiger partial charge on any atom is -0.426 e. The molecule has 4 heteroatoms. The molecule has 0 heterocycles. The number of aliphatic hydroxyl groups is 2. The van der Waals surface area contributed by atoms with Crippen molar-refractivity contribution in [3.05, 3.63) is 27.7 Å². The van der Waals surface area contributed by atoms with E-state index in [1.807, 2.05) is 0 Å². The van der Waals surface area contributed by atoms with E-state index >= 15 is 0 Å². The first-order valence-electron chi connectivity index (χ1n) is 3.90. The predicted octanol–water partition coefficient (Wildman–Crippen LogP) is 1.26. The smallest absolute Gasteiger partial charge is 0.426 e. The van der Waals surface area contributed by atoms with Crippen LogP contribution in [0.15, 0.2) is 0 Å². The average Bonchev–Trinajstić information content (AvgIpc) is 1.93. The quantitative estimate of drug-likeness (QED) is 0.658. The molecule has 0 saturated carbocycles. The topological polar surface area (TPSA) is 72.0 Å². The van der Waals surface area contributed by atoms with Gasteiger partial charge >= 0.3 is 26.2 Å². The molecular formula is C10H26O3Zr. The number of hydrogen-bond donors (Lipinski definition) is 2. The molecule has 14 heavy (non-hydrogen) atoms. The molecule has 0 amide bonds. The Kier molecular flexibility index (Phi) is 127. The first kappa shape index (κ1) is 36.4. The van der Waals surface area contributed by atoms with Crippen molar-refractivity contribution >= 4 is 0 Å². The van der Waals surface area contributed by atoms with Crippen molar-refractivity contribution in [3.8, 4) is 0 Å². The summed E-state index contributed by atoms with van der Waals surface area (Å²) in [6.45, 7) is 19.6. The summed E-state index contributed by atoms with van der Waals surface area (Å²) < 4.78 is 0. The van der Waals surface area contributed by atoms with Gasteiger partial charge in [-0.1, -0.05) is 26.1 Å². The first-order chi connectivity index (χ1) is 5.46. The number of aliphatic hydroxyl groups excluding tert-OH is 2. The van der Waals surface area contributed by atoms with E-state index < -0.39 is 12.2 Å². The van der Waals surface area contributed by atoms with E-state index in [-0.39, 0.29) is 31.7 Å². The Morgan fingerprint density at radius 1 is 0.786 bits per heavy atom. The molecule has 0 aliphatic rings. The van der Waals surface area contributed by atoms with Gasteiger partial charge in [-0.05, 0) is 0 Å². The maximum absolute atomic E-state index is 7.94. The largest absolute Gasteiger partial charge is 4.00 e. The van der Waals surface area contributed by atoms with Crippen molar-refractivity contribution in [2.45, 2.75) is 39.9 Å². The number of hydrogen-bond acceptors (Lipinski definition) is 2. The summed E-state index contributed by atoms with van der Waals surface area (Å²) in [4.78, 5) is 0. The molecule has 0 aliphatic heterocycles. The van der Waals surface area contributed by atoms with Crippen LogP contribution in [0.3, 0.4) is 0 Å². The van der Waals surface area contributed by atoms with E-state index in [4.69, 9.17) is 10.2 Å². The van der Waals surface area contributed by atoms with E-state index in [9.17, 15) is 0 Å². The molecule has 0 bridgehead atoms. The van der Waals surface area contributed by atoms with Crippen molar-refractivity contribution in [2.24, 2.45) is 0 Å². The van der Waals surface area contributed by atoms with Crippen molar-refractivity contribution < 1.29 is 41.9 Å². The van der Waals surface area contributed by atoms with E-state index in [2.05, 4.69) is 27.7 Å². The fourth-order valence-corrected chi connectivity index (χ4v) is 0. The fourth-order valence-electron chi connectivity index (χ4n) is 0. The Morgan fingerprint density at radius 2 is 0.786 bits per heavy atom. The van der Waals surface area contributed by atoms with Gasteiger partial charge in [-0.3, -0.25) is 0 Å². The second-order valence-corrected chi connectivity index (χ2v) is 1.70. The van der Waals surface area contributed by atoms with E-state index in [0.717, 1.165) is 0 Å². The normalized spacial score (nSPS) is 9.86. The SMILES string of the molecule is O.[CH2-]C.[CH2-]C.[CH2-]C(C)O.[CH2-]C(C)O.[Zr+4]. The maximum Gasteiger partial charge on any atom is 4.00 e. The van der Waals surface area contributed by atoms with Gasteiger partial charge in [0.15, 0.2) is 0 Å². The van der Waals surface area contributed by atoms with Gasteiger partial charge in [0.1, 0.15) is 0 Å². The van der Waals surface area contributed by atoms with Gasteiger partial charge in [-0.2, -0.15) is 13.8 Å². The fraction of sp³-hybridized carbons (Fsp3) is 0.600. The Hall–Kier alpha value is 0.763.